The smallest absolute Gasteiger partial charge is 0.346 e. The van der Waals surface area contributed by atoms with Crippen molar-refractivity contribution in [1.82, 2.24) is 4.57 Å². The summed E-state index contributed by atoms with van der Waals surface area (Å²) >= 11 is 1.20. The number of carboxylic acids is 1. The number of aromatic carboxylic acids is 1. The standard InChI is InChI=1S/C14H10FNO2S/c15-11-2-1-3-12-10(11)4-6-16(12)8-9-5-7-19-13(9)14(17)18/h1-7H,8H2,(H,17,18). The molecule has 19 heavy (non-hydrogen) atoms. The van der Waals surface area contributed by atoms with E-state index in [1.54, 1.807) is 29.8 Å². The maximum absolute atomic E-state index is 13.6. The zero-order valence-corrected chi connectivity index (χ0v) is 10.7. The van der Waals surface area contributed by atoms with Gasteiger partial charge in [-0.15, -0.1) is 11.3 Å². The average Bonchev–Trinajstić information content (AvgIpc) is 2.98. The number of rotatable bonds is 3. The van der Waals surface area contributed by atoms with E-state index in [-0.39, 0.29) is 5.82 Å². The molecule has 3 aromatic rings. The number of hydrogen-bond acceptors (Lipinski definition) is 2. The quantitative estimate of drug-likeness (QED) is 0.793. The normalized spacial score (nSPS) is 11.0. The molecule has 0 saturated heterocycles. The van der Waals surface area contributed by atoms with E-state index in [4.69, 9.17) is 5.11 Å². The minimum absolute atomic E-state index is 0.264. The predicted molar refractivity (Wildman–Crippen MR) is 72.3 cm³/mol. The topological polar surface area (TPSA) is 42.2 Å². The fourth-order valence-electron chi connectivity index (χ4n) is 2.16. The van der Waals surface area contributed by atoms with Gasteiger partial charge < -0.3 is 9.67 Å². The van der Waals surface area contributed by atoms with Crippen LogP contribution >= 0.6 is 11.3 Å². The van der Waals surface area contributed by atoms with Gasteiger partial charge in [-0.25, -0.2) is 9.18 Å². The van der Waals surface area contributed by atoms with Crippen LogP contribution in [0.4, 0.5) is 4.39 Å². The molecule has 96 valence electrons. The van der Waals surface area contributed by atoms with Gasteiger partial charge in [0.05, 0.1) is 5.52 Å². The van der Waals surface area contributed by atoms with Crippen LogP contribution in [0.5, 0.6) is 0 Å². The van der Waals surface area contributed by atoms with Gasteiger partial charge in [0.2, 0.25) is 0 Å². The van der Waals surface area contributed by atoms with Gasteiger partial charge in [-0.2, -0.15) is 0 Å². The van der Waals surface area contributed by atoms with E-state index in [9.17, 15) is 9.18 Å². The monoisotopic (exact) mass is 275 g/mol. The number of halogens is 1. The van der Waals surface area contributed by atoms with Crippen molar-refractivity contribution in [1.29, 1.82) is 0 Å². The molecule has 0 aliphatic rings. The van der Waals surface area contributed by atoms with Gasteiger partial charge >= 0.3 is 5.97 Å². The Balaban J connectivity index is 2.04. The van der Waals surface area contributed by atoms with Crippen molar-refractivity contribution in [2.24, 2.45) is 0 Å². The van der Waals surface area contributed by atoms with Crippen LogP contribution in [0.1, 0.15) is 15.2 Å². The summed E-state index contributed by atoms with van der Waals surface area (Å²) in [6, 6.07) is 8.39. The molecule has 5 heteroatoms. The van der Waals surface area contributed by atoms with E-state index in [1.165, 1.54) is 17.4 Å². The molecular weight excluding hydrogens is 265 g/mol. The Kier molecular flexibility index (Phi) is 2.83. The van der Waals surface area contributed by atoms with Crippen molar-refractivity contribution < 1.29 is 14.3 Å². The number of carbonyl (C=O) groups is 1. The Morgan fingerprint density at radius 2 is 2.16 bits per heavy atom. The fourth-order valence-corrected chi connectivity index (χ4v) is 2.91. The minimum Gasteiger partial charge on any atom is -0.477 e. The summed E-state index contributed by atoms with van der Waals surface area (Å²) in [5.74, 6) is -1.19. The van der Waals surface area contributed by atoms with Crippen LogP contribution in [0, 0.1) is 5.82 Å². The first-order valence-electron chi connectivity index (χ1n) is 5.70. The lowest BCUT2D eigenvalue weighted by atomic mass is 10.2. The molecule has 0 aliphatic carbocycles. The molecule has 2 heterocycles. The molecule has 0 spiro atoms. The molecule has 0 saturated carbocycles. The lowest BCUT2D eigenvalue weighted by Gasteiger charge is -2.05. The molecule has 0 unspecified atom stereocenters. The highest BCUT2D eigenvalue weighted by molar-refractivity contribution is 7.12. The second kappa shape index (κ2) is 4.51. The molecular formula is C14H10FNO2S. The first-order valence-corrected chi connectivity index (χ1v) is 6.58. The summed E-state index contributed by atoms with van der Waals surface area (Å²) in [4.78, 5) is 11.4. The summed E-state index contributed by atoms with van der Waals surface area (Å²) in [6.45, 7) is 0.429. The van der Waals surface area contributed by atoms with Crippen LogP contribution in [-0.4, -0.2) is 15.6 Å². The largest absolute Gasteiger partial charge is 0.477 e. The van der Waals surface area contributed by atoms with Gasteiger partial charge in [0.1, 0.15) is 10.7 Å². The first kappa shape index (κ1) is 11.9. The van der Waals surface area contributed by atoms with E-state index in [0.29, 0.717) is 16.8 Å². The highest BCUT2D eigenvalue weighted by Gasteiger charge is 2.13. The second-order valence-electron chi connectivity index (χ2n) is 4.20. The zero-order valence-electron chi connectivity index (χ0n) is 9.84. The number of thiophene rings is 1. The van der Waals surface area contributed by atoms with E-state index >= 15 is 0 Å². The maximum Gasteiger partial charge on any atom is 0.346 e. The van der Waals surface area contributed by atoms with Crippen LogP contribution in [0.15, 0.2) is 41.9 Å². The van der Waals surface area contributed by atoms with Crippen LogP contribution in [-0.2, 0) is 6.54 Å². The van der Waals surface area contributed by atoms with Gasteiger partial charge in [-0.3, -0.25) is 0 Å². The van der Waals surface area contributed by atoms with Gasteiger partial charge in [-0.05, 0) is 35.2 Å². The lowest BCUT2D eigenvalue weighted by molar-refractivity contribution is 0.0701. The van der Waals surface area contributed by atoms with Crippen LogP contribution in [0.25, 0.3) is 10.9 Å². The third-order valence-electron chi connectivity index (χ3n) is 3.04. The van der Waals surface area contributed by atoms with E-state index < -0.39 is 5.97 Å². The number of fused-ring (bicyclic) bond motifs is 1. The number of carboxylic acid groups (broad SMARTS) is 1. The Morgan fingerprint density at radius 1 is 1.32 bits per heavy atom. The SMILES string of the molecule is O=C(O)c1sccc1Cn1ccc2c(F)cccc21. The Labute approximate surface area is 112 Å². The Bertz CT molecular complexity index is 760. The van der Waals surface area contributed by atoms with Crippen molar-refractivity contribution in [3.8, 4) is 0 Å². The van der Waals surface area contributed by atoms with E-state index in [2.05, 4.69) is 0 Å². The number of benzene rings is 1. The van der Waals surface area contributed by atoms with Crippen LogP contribution in [0.2, 0.25) is 0 Å². The van der Waals surface area contributed by atoms with Gasteiger partial charge in [0, 0.05) is 18.1 Å². The second-order valence-corrected chi connectivity index (χ2v) is 5.11. The number of hydrogen-bond donors (Lipinski definition) is 1. The Morgan fingerprint density at radius 3 is 2.95 bits per heavy atom. The summed E-state index contributed by atoms with van der Waals surface area (Å²) in [5.41, 5.74) is 1.50. The molecule has 1 aromatic carbocycles. The van der Waals surface area contributed by atoms with Crippen LogP contribution < -0.4 is 0 Å². The summed E-state index contributed by atoms with van der Waals surface area (Å²) in [7, 11) is 0. The molecule has 0 fully saturated rings. The van der Waals surface area contributed by atoms with Crippen molar-refractivity contribution >= 4 is 28.2 Å². The molecule has 2 aromatic heterocycles. The van der Waals surface area contributed by atoms with Gasteiger partial charge in [0.25, 0.3) is 0 Å². The number of aromatic nitrogens is 1. The van der Waals surface area contributed by atoms with E-state index in [0.717, 1.165) is 11.1 Å². The van der Waals surface area contributed by atoms with Gasteiger partial charge in [0.15, 0.2) is 0 Å². The summed E-state index contributed by atoms with van der Waals surface area (Å²) in [5, 5.41) is 11.4. The first-order chi connectivity index (χ1) is 9.16. The fraction of sp³-hybridized carbons (Fsp3) is 0.0714. The van der Waals surface area contributed by atoms with Crippen molar-refractivity contribution in [3.05, 3.63) is 58.2 Å². The molecule has 0 aliphatic heterocycles. The van der Waals surface area contributed by atoms with Crippen molar-refractivity contribution in [2.75, 3.05) is 0 Å². The van der Waals surface area contributed by atoms with Crippen molar-refractivity contribution in [2.45, 2.75) is 6.54 Å². The lowest BCUT2D eigenvalue weighted by Crippen LogP contribution is -2.03. The number of nitrogens with zero attached hydrogens (tertiary/aromatic N) is 1. The Hall–Kier alpha value is -2.14. The molecule has 0 atom stereocenters. The van der Waals surface area contributed by atoms with Crippen molar-refractivity contribution in [3.63, 3.8) is 0 Å². The highest BCUT2D eigenvalue weighted by Crippen LogP contribution is 2.23. The molecule has 0 radical (unpaired) electrons. The predicted octanol–water partition coefficient (Wildman–Crippen LogP) is 3.59. The van der Waals surface area contributed by atoms with E-state index in [1.807, 2.05) is 10.6 Å². The average molecular weight is 275 g/mol. The third kappa shape index (κ3) is 2.02. The minimum atomic E-state index is -0.923. The molecule has 0 bridgehead atoms. The zero-order chi connectivity index (χ0) is 13.4. The summed E-state index contributed by atoms with van der Waals surface area (Å²) in [6.07, 6.45) is 1.77. The highest BCUT2D eigenvalue weighted by atomic mass is 32.1. The van der Waals surface area contributed by atoms with Crippen LogP contribution in [0.3, 0.4) is 0 Å². The maximum atomic E-state index is 13.6. The van der Waals surface area contributed by atoms with Gasteiger partial charge in [-0.1, -0.05) is 6.07 Å². The molecule has 1 N–H and O–H groups in total. The molecule has 3 nitrogen and oxygen atoms in total. The third-order valence-corrected chi connectivity index (χ3v) is 3.99. The summed E-state index contributed by atoms with van der Waals surface area (Å²) < 4.78 is 15.4. The molecule has 3 rings (SSSR count). The molecule has 0 amide bonds.